The summed E-state index contributed by atoms with van der Waals surface area (Å²) in [7, 11) is 0. The summed E-state index contributed by atoms with van der Waals surface area (Å²) in [5, 5.41) is 23.5. The monoisotopic (exact) mass is 1160 g/mol. The van der Waals surface area contributed by atoms with Crippen molar-refractivity contribution >= 4 is 11.9 Å². The van der Waals surface area contributed by atoms with Crippen molar-refractivity contribution in [3.63, 3.8) is 0 Å². The Labute approximate surface area is 518 Å². The van der Waals surface area contributed by atoms with Crippen LogP contribution in [0.1, 0.15) is 406 Å². The quantitative estimate of drug-likeness (QED) is 0.0320. The predicted octanol–water partition coefficient (Wildman–Crippen LogP) is 24.4. The summed E-state index contributed by atoms with van der Waals surface area (Å²) in [5.41, 5.74) is 0. The Morgan fingerprint density at radius 3 is 0.940 bits per heavy atom. The Bertz CT molecular complexity index is 1390. The Hall–Kier alpha value is -2.18. The van der Waals surface area contributed by atoms with Crippen molar-refractivity contribution in [1.82, 2.24) is 5.32 Å². The molecule has 0 saturated carbocycles. The van der Waals surface area contributed by atoms with E-state index >= 15 is 0 Å². The molecule has 0 aromatic heterocycles. The Balaban J connectivity index is 3.42. The molecule has 0 bridgehead atoms. The number of amides is 1. The van der Waals surface area contributed by atoms with E-state index in [2.05, 4.69) is 67.8 Å². The number of allylic oxidation sites excluding steroid dienone is 8. The molecule has 6 heteroatoms. The fourth-order valence-electron chi connectivity index (χ4n) is 11.6. The first-order valence-electron chi connectivity index (χ1n) is 37.4. The third-order valence-electron chi connectivity index (χ3n) is 17.4. The minimum atomic E-state index is -0.669. The standard InChI is InChI=1S/C77H145NO5/c1-3-5-7-9-11-13-15-17-19-20-21-22-23-29-32-35-38-42-45-49-53-57-61-65-69-75(80)74(73-79)78-76(81)70-66-62-58-54-50-46-43-39-36-33-30-27-25-24-26-28-31-34-37-40-44-48-52-56-60-64-68-72-83-77(82)71-67-63-59-55-51-47-41-18-16-14-12-10-8-6-4-2/h12,14,18,24-25,28,31,41,74-75,79-80H,3-11,13,15-17,19-23,26-27,29-30,32-40,42-73H2,1-2H3,(H,78,81)/b14-12-,25-24-,31-28-,41-18-. The molecule has 6 nitrogen and oxygen atoms in total. The highest BCUT2D eigenvalue weighted by Gasteiger charge is 2.20. The average molecular weight is 1170 g/mol. The molecule has 0 radical (unpaired) electrons. The summed E-state index contributed by atoms with van der Waals surface area (Å²) in [6.07, 6.45) is 94.6. The van der Waals surface area contributed by atoms with Crippen molar-refractivity contribution in [2.75, 3.05) is 13.2 Å². The number of hydrogen-bond acceptors (Lipinski definition) is 5. The van der Waals surface area contributed by atoms with E-state index in [9.17, 15) is 19.8 Å². The lowest BCUT2D eigenvalue weighted by Gasteiger charge is -2.22. The first kappa shape index (κ1) is 80.8. The van der Waals surface area contributed by atoms with E-state index in [1.165, 1.54) is 315 Å². The maximum atomic E-state index is 12.6. The lowest BCUT2D eigenvalue weighted by Crippen LogP contribution is -2.45. The van der Waals surface area contributed by atoms with Gasteiger partial charge in [-0.1, -0.05) is 351 Å². The molecule has 0 rings (SSSR count). The predicted molar refractivity (Wildman–Crippen MR) is 366 cm³/mol. The number of carbonyl (C=O) groups excluding carboxylic acids is 2. The largest absolute Gasteiger partial charge is 0.466 e. The molecular weight excluding hydrogens is 1020 g/mol. The lowest BCUT2D eigenvalue weighted by molar-refractivity contribution is -0.143. The SMILES string of the molecule is CCCCC/C=C\C/C=C\CCCCCCCC(=O)OCCCCCCCCCCC/C=C\C/C=C\CCCCCCCCCCCCCC(=O)NC(CO)C(O)CCCCCCCCCCCCCCCCCCCCCCCCCC. The van der Waals surface area contributed by atoms with Gasteiger partial charge in [0, 0.05) is 12.8 Å². The van der Waals surface area contributed by atoms with Crippen LogP contribution in [-0.2, 0) is 14.3 Å². The van der Waals surface area contributed by atoms with Crippen molar-refractivity contribution in [2.24, 2.45) is 0 Å². The van der Waals surface area contributed by atoms with Gasteiger partial charge in [0.2, 0.25) is 5.91 Å². The summed E-state index contributed by atoms with van der Waals surface area (Å²) in [6.45, 7) is 4.95. The number of unbranched alkanes of at least 4 members (excludes halogenated alkanes) is 51. The molecule has 0 saturated heterocycles. The maximum Gasteiger partial charge on any atom is 0.305 e. The first-order valence-corrected chi connectivity index (χ1v) is 37.4. The van der Waals surface area contributed by atoms with Crippen LogP contribution in [0.25, 0.3) is 0 Å². The second kappa shape index (κ2) is 72.3. The molecule has 0 aliphatic heterocycles. The molecule has 2 unspecified atom stereocenters. The van der Waals surface area contributed by atoms with E-state index in [0.717, 1.165) is 57.8 Å². The normalized spacial score (nSPS) is 12.8. The third kappa shape index (κ3) is 68.8. The smallest absolute Gasteiger partial charge is 0.305 e. The molecule has 0 aliphatic carbocycles. The molecule has 488 valence electrons. The molecule has 0 aromatic rings. The molecule has 1 amide bonds. The van der Waals surface area contributed by atoms with Gasteiger partial charge in [0.15, 0.2) is 0 Å². The minimum absolute atomic E-state index is 0.00298. The highest BCUT2D eigenvalue weighted by molar-refractivity contribution is 5.76. The second-order valence-electron chi connectivity index (χ2n) is 25.6. The number of rotatable bonds is 70. The van der Waals surface area contributed by atoms with E-state index in [1.807, 2.05) is 0 Å². The summed E-state index contributed by atoms with van der Waals surface area (Å²) in [5.74, 6) is -0.0370. The zero-order valence-corrected chi connectivity index (χ0v) is 55.9. The molecule has 3 N–H and O–H groups in total. The van der Waals surface area contributed by atoms with Gasteiger partial charge in [-0.15, -0.1) is 0 Å². The Kier molecular flexibility index (Phi) is 70.4. The average Bonchev–Trinajstić information content (AvgIpc) is 3.48. The lowest BCUT2D eigenvalue weighted by atomic mass is 10.0. The van der Waals surface area contributed by atoms with Crippen LogP contribution in [0.15, 0.2) is 48.6 Å². The summed E-state index contributed by atoms with van der Waals surface area (Å²) >= 11 is 0. The van der Waals surface area contributed by atoms with Crippen LogP contribution in [0.3, 0.4) is 0 Å². The highest BCUT2D eigenvalue weighted by atomic mass is 16.5. The topological polar surface area (TPSA) is 95.9 Å². The third-order valence-corrected chi connectivity index (χ3v) is 17.4. The zero-order valence-electron chi connectivity index (χ0n) is 55.9. The zero-order chi connectivity index (χ0) is 59.9. The molecular formula is C77H145NO5. The number of esters is 1. The van der Waals surface area contributed by atoms with Gasteiger partial charge in [0.1, 0.15) is 0 Å². The van der Waals surface area contributed by atoms with Crippen molar-refractivity contribution in [3.05, 3.63) is 48.6 Å². The van der Waals surface area contributed by atoms with E-state index < -0.39 is 12.1 Å². The van der Waals surface area contributed by atoms with Crippen LogP contribution in [0.2, 0.25) is 0 Å². The number of ether oxygens (including phenoxy) is 1. The molecule has 83 heavy (non-hydrogen) atoms. The van der Waals surface area contributed by atoms with E-state index in [4.69, 9.17) is 4.74 Å². The second-order valence-corrected chi connectivity index (χ2v) is 25.6. The van der Waals surface area contributed by atoms with Gasteiger partial charge in [-0.3, -0.25) is 9.59 Å². The number of aliphatic hydroxyl groups is 2. The van der Waals surface area contributed by atoms with Gasteiger partial charge in [-0.2, -0.15) is 0 Å². The summed E-state index contributed by atoms with van der Waals surface area (Å²) in [6, 6.07) is -0.546. The van der Waals surface area contributed by atoms with Crippen LogP contribution >= 0.6 is 0 Å². The van der Waals surface area contributed by atoms with Crippen LogP contribution < -0.4 is 5.32 Å². The van der Waals surface area contributed by atoms with Crippen LogP contribution in [0, 0.1) is 0 Å². The number of aliphatic hydroxyl groups excluding tert-OH is 2. The Morgan fingerprint density at radius 2 is 0.602 bits per heavy atom. The van der Waals surface area contributed by atoms with Gasteiger partial charge in [0.25, 0.3) is 0 Å². The minimum Gasteiger partial charge on any atom is -0.466 e. The van der Waals surface area contributed by atoms with Crippen molar-refractivity contribution < 1.29 is 24.5 Å². The van der Waals surface area contributed by atoms with Crippen LogP contribution in [0.4, 0.5) is 0 Å². The van der Waals surface area contributed by atoms with Gasteiger partial charge in [-0.05, 0) is 89.9 Å². The molecule has 0 heterocycles. The van der Waals surface area contributed by atoms with Gasteiger partial charge in [0.05, 0.1) is 25.4 Å². The van der Waals surface area contributed by atoms with Gasteiger partial charge in [-0.25, -0.2) is 0 Å². The van der Waals surface area contributed by atoms with Gasteiger partial charge >= 0.3 is 5.97 Å². The van der Waals surface area contributed by atoms with Crippen LogP contribution in [0.5, 0.6) is 0 Å². The highest BCUT2D eigenvalue weighted by Crippen LogP contribution is 2.19. The van der Waals surface area contributed by atoms with Crippen molar-refractivity contribution in [1.29, 1.82) is 0 Å². The molecule has 0 fully saturated rings. The molecule has 0 aliphatic rings. The summed E-state index contributed by atoms with van der Waals surface area (Å²) in [4.78, 5) is 24.6. The van der Waals surface area contributed by atoms with Crippen molar-refractivity contribution in [2.45, 2.75) is 418 Å². The van der Waals surface area contributed by atoms with Crippen LogP contribution in [-0.4, -0.2) is 47.4 Å². The fraction of sp³-hybridized carbons (Fsp3) is 0.870. The van der Waals surface area contributed by atoms with E-state index in [1.54, 1.807) is 0 Å². The Morgan fingerprint density at radius 1 is 0.337 bits per heavy atom. The number of nitrogens with one attached hydrogen (secondary N) is 1. The summed E-state index contributed by atoms with van der Waals surface area (Å²) < 4.78 is 5.48. The molecule has 2 atom stereocenters. The first-order chi connectivity index (χ1) is 41.0. The fourth-order valence-corrected chi connectivity index (χ4v) is 11.6. The van der Waals surface area contributed by atoms with Crippen molar-refractivity contribution in [3.8, 4) is 0 Å². The number of hydrogen-bond donors (Lipinski definition) is 3. The molecule has 0 aromatic carbocycles. The molecule has 0 spiro atoms. The van der Waals surface area contributed by atoms with E-state index in [-0.39, 0.29) is 18.5 Å². The van der Waals surface area contributed by atoms with Gasteiger partial charge < -0.3 is 20.3 Å². The van der Waals surface area contributed by atoms with E-state index in [0.29, 0.717) is 25.9 Å². The maximum absolute atomic E-state index is 12.6. The number of carbonyl (C=O) groups is 2.